The van der Waals surface area contributed by atoms with Gasteiger partial charge in [-0.25, -0.2) is 0 Å². The summed E-state index contributed by atoms with van der Waals surface area (Å²) < 4.78 is 40.6. The molecule has 0 amide bonds. The van der Waals surface area contributed by atoms with Crippen molar-refractivity contribution in [3.05, 3.63) is 29.8 Å². The molecular weight excluding hydrogens is 299 g/mol. The second-order valence-electron chi connectivity index (χ2n) is 5.49. The van der Waals surface area contributed by atoms with Crippen LogP contribution in [0.2, 0.25) is 0 Å². The van der Waals surface area contributed by atoms with E-state index < -0.39 is 18.2 Å². The molecule has 0 spiro atoms. The molecule has 0 aliphatic carbocycles. The average molecular weight is 317 g/mol. The van der Waals surface area contributed by atoms with Gasteiger partial charge in [0, 0.05) is 12.6 Å². The highest BCUT2D eigenvalue weighted by Crippen LogP contribution is 2.27. The first kappa shape index (κ1) is 16.6. The Morgan fingerprint density at radius 1 is 1.45 bits per heavy atom. The number of aliphatic carboxylic acids is 1. The Labute approximate surface area is 126 Å². The number of hydrogen-bond acceptors (Lipinski definition) is 3. The fraction of sp³-hybridized carbons (Fsp3) is 0.533. The van der Waals surface area contributed by atoms with Gasteiger partial charge < -0.3 is 9.84 Å². The monoisotopic (exact) mass is 317 g/mol. The van der Waals surface area contributed by atoms with Crippen molar-refractivity contribution in [3.8, 4) is 5.75 Å². The van der Waals surface area contributed by atoms with Crippen LogP contribution in [0.5, 0.6) is 5.75 Å². The molecule has 122 valence electrons. The summed E-state index contributed by atoms with van der Waals surface area (Å²) in [5.74, 6) is -1.53. The highest BCUT2D eigenvalue weighted by atomic mass is 19.4. The van der Waals surface area contributed by atoms with Gasteiger partial charge in [0.15, 0.2) is 0 Å². The first-order valence-corrected chi connectivity index (χ1v) is 7.08. The van der Waals surface area contributed by atoms with Gasteiger partial charge in [-0.2, -0.15) is 0 Å². The molecule has 4 nitrogen and oxygen atoms in total. The number of nitrogens with zero attached hydrogens (tertiary/aromatic N) is 1. The van der Waals surface area contributed by atoms with Crippen LogP contribution in [0, 0.1) is 5.92 Å². The van der Waals surface area contributed by atoms with Crippen LogP contribution in [-0.4, -0.2) is 34.9 Å². The Kier molecular flexibility index (Phi) is 4.95. The van der Waals surface area contributed by atoms with Gasteiger partial charge in [-0.05, 0) is 44.0 Å². The normalized spacial score (nSPS) is 23.3. The van der Waals surface area contributed by atoms with Crippen molar-refractivity contribution >= 4 is 5.97 Å². The summed E-state index contributed by atoms with van der Waals surface area (Å²) in [6, 6.07) is 5.64. The largest absolute Gasteiger partial charge is 0.573 e. The van der Waals surface area contributed by atoms with Crippen molar-refractivity contribution in [1.82, 2.24) is 4.90 Å². The zero-order chi connectivity index (χ0) is 16.3. The second-order valence-corrected chi connectivity index (χ2v) is 5.49. The highest BCUT2D eigenvalue weighted by molar-refractivity contribution is 5.70. The lowest BCUT2D eigenvalue weighted by atomic mass is 9.90. The fourth-order valence-corrected chi connectivity index (χ4v) is 2.84. The molecule has 1 aliphatic heterocycles. The second kappa shape index (κ2) is 6.56. The lowest BCUT2D eigenvalue weighted by Crippen LogP contribution is -2.45. The first-order chi connectivity index (χ1) is 10.3. The Balaban J connectivity index is 2.07. The molecule has 1 aromatic rings. The van der Waals surface area contributed by atoms with E-state index in [0.29, 0.717) is 18.5 Å². The Morgan fingerprint density at radius 2 is 2.18 bits per heavy atom. The summed E-state index contributed by atoms with van der Waals surface area (Å²) in [5.41, 5.74) is 0.666. The van der Waals surface area contributed by atoms with E-state index in [-0.39, 0.29) is 11.8 Å². The lowest BCUT2D eigenvalue weighted by molar-refractivity contribution is -0.274. The summed E-state index contributed by atoms with van der Waals surface area (Å²) in [6.07, 6.45) is -3.32. The van der Waals surface area contributed by atoms with E-state index in [1.54, 1.807) is 6.07 Å². The zero-order valence-corrected chi connectivity index (χ0v) is 12.1. The van der Waals surface area contributed by atoms with E-state index in [4.69, 9.17) is 0 Å². The third kappa shape index (κ3) is 4.37. The standard InChI is InChI=1S/C15H18F3NO3/c1-10-13(14(20)21)6-3-7-19(10)9-11-4-2-5-12(8-11)22-15(16,17)18/h2,4-5,8,10,13H,3,6-7,9H2,1H3,(H,20,21)/t10-,13-/m1/s1. The number of carboxylic acid groups (broad SMARTS) is 1. The molecule has 1 fully saturated rings. The Hall–Kier alpha value is -1.76. The molecule has 0 radical (unpaired) electrons. The molecule has 1 aliphatic rings. The van der Waals surface area contributed by atoms with Crippen LogP contribution in [0.3, 0.4) is 0 Å². The van der Waals surface area contributed by atoms with Crippen molar-refractivity contribution < 1.29 is 27.8 Å². The van der Waals surface area contributed by atoms with Crippen molar-refractivity contribution in [3.63, 3.8) is 0 Å². The van der Waals surface area contributed by atoms with Crippen LogP contribution in [0.25, 0.3) is 0 Å². The van der Waals surface area contributed by atoms with Gasteiger partial charge in [-0.15, -0.1) is 13.2 Å². The topological polar surface area (TPSA) is 49.8 Å². The minimum absolute atomic E-state index is 0.154. The van der Waals surface area contributed by atoms with E-state index >= 15 is 0 Å². The van der Waals surface area contributed by atoms with Gasteiger partial charge in [0.2, 0.25) is 0 Å². The highest BCUT2D eigenvalue weighted by Gasteiger charge is 2.33. The summed E-state index contributed by atoms with van der Waals surface area (Å²) in [6.45, 7) is 2.98. The van der Waals surface area contributed by atoms with E-state index in [2.05, 4.69) is 4.74 Å². The maximum Gasteiger partial charge on any atom is 0.573 e. The number of likely N-dealkylation sites (tertiary alicyclic amines) is 1. The predicted octanol–water partition coefficient (Wildman–Crippen LogP) is 3.27. The Bertz CT molecular complexity index is 533. The first-order valence-electron chi connectivity index (χ1n) is 7.08. The number of benzene rings is 1. The zero-order valence-electron chi connectivity index (χ0n) is 12.1. The maximum atomic E-state index is 12.2. The van der Waals surface area contributed by atoms with Gasteiger partial charge in [0.1, 0.15) is 5.75 Å². The van der Waals surface area contributed by atoms with Crippen molar-refractivity contribution in [2.75, 3.05) is 6.54 Å². The molecule has 7 heteroatoms. The average Bonchev–Trinajstić information content (AvgIpc) is 2.39. The van der Waals surface area contributed by atoms with Crippen LogP contribution in [0.15, 0.2) is 24.3 Å². The molecule has 1 N–H and O–H groups in total. The molecule has 0 bridgehead atoms. The fourth-order valence-electron chi connectivity index (χ4n) is 2.84. The SMILES string of the molecule is C[C@@H]1[C@H](C(=O)O)CCCN1Cc1cccc(OC(F)(F)F)c1. The van der Waals surface area contributed by atoms with Crippen LogP contribution < -0.4 is 4.74 Å². The molecule has 0 aromatic heterocycles. The van der Waals surface area contributed by atoms with Gasteiger partial charge >= 0.3 is 12.3 Å². The molecule has 1 heterocycles. The number of ether oxygens (including phenoxy) is 1. The molecule has 2 atom stereocenters. The predicted molar refractivity (Wildman–Crippen MR) is 73.4 cm³/mol. The number of halogens is 3. The van der Waals surface area contributed by atoms with Crippen molar-refractivity contribution in [2.24, 2.45) is 5.92 Å². The Morgan fingerprint density at radius 3 is 2.82 bits per heavy atom. The minimum atomic E-state index is -4.72. The van der Waals surface area contributed by atoms with Crippen molar-refractivity contribution in [2.45, 2.75) is 38.7 Å². The number of piperidine rings is 1. The summed E-state index contributed by atoms with van der Waals surface area (Å²) in [5, 5.41) is 9.19. The summed E-state index contributed by atoms with van der Waals surface area (Å²) >= 11 is 0. The minimum Gasteiger partial charge on any atom is -0.481 e. The van der Waals surface area contributed by atoms with Crippen LogP contribution >= 0.6 is 0 Å². The molecule has 1 saturated heterocycles. The van der Waals surface area contributed by atoms with Crippen LogP contribution in [0.4, 0.5) is 13.2 Å². The molecule has 2 rings (SSSR count). The number of carbonyl (C=O) groups is 1. The van der Waals surface area contributed by atoms with Crippen LogP contribution in [-0.2, 0) is 11.3 Å². The molecule has 22 heavy (non-hydrogen) atoms. The van der Waals surface area contributed by atoms with E-state index in [1.165, 1.54) is 18.2 Å². The smallest absolute Gasteiger partial charge is 0.481 e. The summed E-state index contributed by atoms with van der Waals surface area (Å²) in [7, 11) is 0. The van der Waals surface area contributed by atoms with Crippen molar-refractivity contribution in [1.29, 1.82) is 0 Å². The molecule has 0 unspecified atom stereocenters. The number of rotatable bonds is 4. The third-order valence-corrected chi connectivity index (χ3v) is 3.95. The molecular formula is C15H18F3NO3. The number of carboxylic acids is 1. The molecule has 0 saturated carbocycles. The number of alkyl halides is 3. The quantitative estimate of drug-likeness (QED) is 0.926. The van der Waals surface area contributed by atoms with Crippen LogP contribution in [0.1, 0.15) is 25.3 Å². The molecule has 1 aromatic carbocycles. The summed E-state index contributed by atoms with van der Waals surface area (Å²) in [4.78, 5) is 13.2. The third-order valence-electron chi connectivity index (χ3n) is 3.95. The van der Waals surface area contributed by atoms with Gasteiger partial charge in [0.25, 0.3) is 0 Å². The van der Waals surface area contributed by atoms with Gasteiger partial charge in [0.05, 0.1) is 5.92 Å². The van der Waals surface area contributed by atoms with Gasteiger partial charge in [-0.1, -0.05) is 12.1 Å². The number of hydrogen-bond donors (Lipinski definition) is 1. The van der Waals surface area contributed by atoms with E-state index in [9.17, 15) is 23.1 Å². The maximum absolute atomic E-state index is 12.2. The lowest BCUT2D eigenvalue weighted by Gasteiger charge is -2.37. The van der Waals surface area contributed by atoms with Gasteiger partial charge in [-0.3, -0.25) is 9.69 Å². The van der Waals surface area contributed by atoms with E-state index in [1.807, 2.05) is 11.8 Å². The van der Waals surface area contributed by atoms with E-state index in [0.717, 1.165) is 13.0 Å².